The summed E-state index contributed by atoms with van der Waals surface area (Å²) in [7, 11) is -1.35. The number of alkyl halides is 3. The second-order valence-electron chi connectivity index (χ2n) is 4.88. The second kappa shape index (κ2) is 2.67. The molecule has 6 heteroatoms. The zero-order valence-electron chi connectivity index (χ0n) is 7.64. The van der Waals surface area contributed by atoms with Crippen LogP contribution in [0.1, 0.15) is 32.1 Å². The molecule has 3 saturated carbocycles. The van der Waals surface area contributed by atoms with E-state index in [9.17, 15) is 13.2 Å². The minimum atomic E-state index is -4.08. The van der Waals surface area contributed by atoms with Gasteiger partial charge in [-0.05, 0) is 31.1 Å². The highest BCUT2D eigenvalue weighted by Crippen LogP contribution is 2.80. The van der Waals surface area contributed by atoms with Gasteiger partial charge in [-0.15, -0.1) is 0 Å². The Labute approximate surface area is 80.3 Å². The summed E-state index contributed by atoms with van der Waals surface area (Å²) < 4.78 is 35.8. The summed E-state index contributed by atoms with van der Waals surface area (Å²) in [5.41, 5.74) is -0.223. The zero-order chi connectivity index (χ0) is 10.6. The van der Waals surface area contributed by atoms with Crippen LogP contribution in [0, 0.1) is 5.41 Å². The fourth-order valence-corrected chi connectivity index (χ4v) is 3.03. The Morgan fingerprint density at radius 3 is 2.00 bits per heavy atom. The van der Waals surface area contributed by atoms with Gasteiger partial charge >= 0.3 is 13.3 Å². The van der Waals surface area contributed by atoms with Crippen molar-refractivity contribution in [2.24, 2.45) is 5.41 Å². The Kier molecular flexibility index (Phi) is 1.96. The maximum atomic E-state index is 11.9. The number of hydrogen-bond donors (Lipinski definition) is 2. The molecule has 2 bridgehead atoms. The molecular weight excluding hydrogens is 196 g/mol. The molecule has 0 amide bonds. The average molecular weight is 208 g/mol. The van der Waals surface area contributed by atoms with E-state index in [2.05, 4.69) is 0 Å². The minimum absolute atomic E-state index is 0.144. The predicted molar refractivity (Wildman–Crippen MR) is 44.5 cm³/mol. The van der Waals surface area contributed by atoms with Crippen LogP contribution in [0.4, 0.5) is 13.2 Å². The number of rotatable bonds is 3. The Morgan fingerprint density at radius 2 is 1.64 bits per heavy atom. The average Bonchev–Trinajstić information content (AvgIpc) is 1.76. The lowest BCUT2D eigenvalue weighted by Crippen LogP contribution is -2.63. The largest absolute Gasteiger partial charge is 0.458 e. The highest BCUT2D eigenvalue weighted by Gasteiger charge is 2.71. The molecule has 3 rings (SSSR count). The molecule has 0 aromatic rings. The lowest BCUT2D eigenvalue weighted by atomic mass is 9.24. The van der Waals surface area contributed by atoms with Gasteiger partial charge in [-0.2, -0.15) is 13.2 Å². The predicted octanol–water partition coefficient (Wildman–Crippen LogP) is 1.73. The first-order valence-corrected chi connectivity index (χ1v) is 4.70. The van der Waals surface area contributed by atoms with Gasteiger partial charge in [0, 0.05) is 11.7 Å². The smallest absolute Gasteiger partial charge is 0.427 e. The van der Waals surface area contributed by atoms with Crippen molar-refractivity contribution in [3.8, 4) is 0 Å². The molecule has 80 valence electrons. The van der Waals surface area contributed by atoms with E-state index < -0.39 is 25.0 Å². The van der Waals surface area contributed by atoms with E-state index in [-0.39, 0.29) is 11.8 Å². The van der Waals surface area contributed by atoms with Crippen molar-refractivity contribution in [2.45, 2.75) is 43.6 Å². The van der Waals surface area contributed by atoms with Gasteiger partial charge in [-0.1, -0.05) is 0 Å². The van der Waals surface area contributed by atoms with Gasteiger partial charge in [-0.25, -0.2) is 0 Å². The maximum absolute atomic E-state index is 11.9. The number of hydrogen-bond acceptors (Lipinski definition) is 2. The Balaban J connectivity index is 1.78. The minimum Gasteiger partial charge on any atom is -0.427 e. The Morgan fingerprint density at radius 1 is 1.14 bits per heavy atom. The maximum Gasteiger partial charge on any atom is 0.458 e. The van der Waals surface area contributed by atoms with Crippen LogP contribution in [0.15, 0.2) is 0 Å². The van der Waals surface area contributed by atoms with Crippen LogP contribution < -0.4 is 0 Å². The molecule has 0 aliphatic heterocycles. The summed E-state index contributed by atoms with van der Waals surface area (Å²) in [6, 6.07) is 0. The highest BCUT2D eigenvalue weighted by molar-refractivity contribution is 6.46. The lowest BCUT2D eigenvalue weighted by molar-refractivity contribution is -0.171. The van der Waals surface area contributed by atoms with Crippen molar-refractivity contribution >= 4 is 7.12 Å². The molecule has 3 fully saturated rings. The standard InChI is InChI=1S/C8H12BF3O2/c10-8(11,12)2-1-6-3-7(4-6,5-6)9(13)14/h13-14H,1-5H2. The van der Waals surface area contributed by atoms with Crippen LogP contribution in [-0.4, -0.2) is 23.3 Å². The SMILES string of the molecule is OB(O)C12CC(CCC(F)(F)F)(C1)C2. The fraction of sp³-hybridized carbons (Fsp3) is 1.00. The summed E-state index contributed by atoms with van der Waals surface area (Å²) in [5, 5.41) is 17.4. The van der Waals surface area contributed by atoms with E-state index in [1.807, 2.05) is 0 Å². The number of halogens is 3. The van der Waals surface area contributed by atoms with E-state index in [0.717, 1.165) is 0 Å². The van der Waals surface area contributed by atoms with Gasteiger partial charge in [0.2, 0.25) is 0 Å². The molecule has 0 heterocycles. The summed E-state index contributed by atoms with van der Waals surface area (Å²) in [6.45, 7) is 0. The first-order valence-electron chi connectivity index (χ1n) is 4.70. The molecule has 3 aliphatic carbocycles. The molecule has 0 saturated heterocycles. The molecule has 0 atom stereocenters. The van der Waals surface area contributed by atoms with Gasteiger partial charge < -0.3 is 10.0 Å². The van der Waals surface area contributed by atoms with Crippen molar-refractivity contribution in [1.82, 2.24) is 0 Å². The van der Waals surface area contributed by atoms with Crippen LogP contribution in [0.3, 0.4) is 0 Å². The molecule has 0 radical (unpaired) electrons. The van der Waals surface area contributed by atoms with Crippen LogP contribution in [0.2, 0.25) is 5.31 Å². The fourth-order valence-electron chi connectivity index (χ4n) is 3.03. The molecule has 0 aromatic carbocycles. The Hall–Kier alpha value is -0.225. The van der Waals surface area contributed by atoms with Gasteiger partial charge in [0.05, 0.1) is 0 Å². The quantitative estimate of drug-likeness (QED) is 0.693. The topological polar surface area (TPSA) is 40.5 Å². The monoisotopic (exact) mass is 208 g/mol. The van der Waals surface area contributed by atoms with Crippen molar-refractivity contribution < 1.29 is 23.2 Å². The molecule has 0 aromatic heterocycles. The molecule has 0 unspecified atom stereocenters. The van der Waals surface area contributed by atoms with Gasteiger partial charge in [0.15, 0.2) is 0 Å². The molecular formula is C8H12BF3O2. The third-order valence-corrected chi connectivity index (χ3v) is 3.67. The highest BCUT2D eigenvalue weighted by atomic mass is 19.4. The van der Waals surface area contributed by atoms with E-state index in [0.29, 0.717) is 19.3 Å². The summed E-state index contributed by atoms with van der Waals surface area (Å²) in [6.07, 6.45) is -3.04. The van der Waals surface area contributed by atoms with Gasteiger partial charge in [0.25, 0.3) is 0 Å². The van der Waals surface area contributed by atoms with E-state index >= 15 is 0 Å². The lowest BCUT2D eigenvalue weighted by Gasteiger charge is -2.71. The first-order chi connectivity index (χ1) is 6.27. The van der Waals surface area contributed by atoms with Crippen molar-refractivity contribution in [3.05, 3.63) is 0 Å². The molecule has 0 spiro atoms. The van der Waals surface area contributed by atoms with Crippen molar-refractivity contribution in [1.29, 1.82) is 0 Å². The van der Waals surface area contributed by atoms with Crippen LogP contribution in [0.5, 0.6) is 0 Å². The van der Waals surface area contributed by atoms with E-state index in [1.54, 1.807) is 0 Å². The van der Waals surface area contributed by atoms with Gasteiger partial charge in [0.1, 0.15) is 0 Å². The van der Waals surface area contributed by atoms with Gasteiger partial charge in [-0.3, -0.25) is 0 Å². The van der Waals surface area contributed by atoms with Crippen LogP contribution in [-0.2, 0) is 0 Å². The van der Waals surface area contributed by atoms with E-state index in [4.69, 9.17) is 10.0 Å². The third-order valence-electron chi connectivity index (χ3n) is 3.67. The van der Waals surface area contributed by atoms with E-state index in [1.165, 1.54) is 0 Å². The molecule has 2 nitrogen and oxygen atoms in total. The van der Waals surface area contributed by atoms with Crippen molar-refractivity contribution in [3.63, 3.8) is 0 Å². The summed E-state index contributed by atoms with van der Waals surface area (Å²) in [4.78, 5) is 0. The second-order valence-corrected chi connectivity index (χ2v) is 4.88. The van der Waals surface area contributed by atoms with Crippen LogP contribution >= 0.6 is 0 Å². The normalized spacial score (nSPS) is 40.1. The van der Waals surface area contributed by atoms with Crippen LogP contribution in [0.25, 0.3) is 0 Å². The third kappa shape index (κ3) is 1.44. The zero-order valence-corrected chi connectivity index (χ0v) is 7.64. The van der Waals surface area contributed by atoms with Crippen molar-refractivity contribution in [2.75, 3.05) is 0 Å². The Bertz CT molecular complexity index is 232. The summed E-state index contributed by atoms with van der Waals surface area (Å²) >= 11 is 0. The molecule has 14 heavy (non-hydrogen) atoms. The summed E-state index contributed by atoms with van der Waals surface area (Å²) in [5.74, 6) is 0. The first kappa shape index (κ1) is 10.3. The molecule has 3 aliphatic rings. The molecule has 2 N–H and O–H groups in total.